The highest BCUT2D eigenvalue weighted by Crippen LogP contribution is 2.35. The lowest BCUT2D eigenvalue weighted by Crippen LogP contribution is -2.48. The van der Waals surface area contributed by atoms with Crippen LogP contribution in [0.5, 0.6) is 0 Å². The molecule has 8 heteroatoms. The maximum Gasteiger partial charge on any atom is 0.416 e. The Morgan fingerprint density at radius 3 is 2.46 bits per heavy atom. The maximum atomic E-state index is 13.5. The number of aromatic nitrogens is 2. The SMILES string of the molecule is Cc1cccn2c(C(CC(=O)N3CCN(Cc4ccccc4)CC3)c3cccc(C(F)(F)F)c3)cnc12. The number of rotatable bonds is 6. The van der Waals surface area contributed by atoms with Crippen molar-refractivity contribution < 1.29 is 18.0 Å². The molecule has 0 saturated carbocycles. The summed E-state index contributed by atoms with van der Waals surface area (Å²) in [7, 11) is 0. The van der Waals surface area contributed by atoms with Gasteiger partial charge in [0.05, 0.1) is 11.3 Å². The van der Waals surface area contributed by atoms with Crippen LogP contribution >= 0.6 is 0 Å². The number of pyridine rings is 1. The van der Waals surface area contributed by atoms with Gasteiger partial charge in [-0.3, -0.25) is 9.69 Å². The average Bonchev–Trinajstić information content (AvgIpc) is 3.33. The molecule has 1 aliphatic heterocycles. The normalized spacial score (nSPS) is 15.7. The number of halogens is 3. The molecule has 0 spiro atoms. The number of fused-ring (bicyclic) bond motifs is 1. The molecule has 1 aliphatic rings. The minimum Gasteiger partial charge on any atom is -0.340 e. The number of piperazine rings is 1. The molecule has 0 bridgehead atoms. The molecule has 2 aromatic carbocycles. The Bertz CT molecular complexity index is 1370. The first-order valence-electron chi connectivity index (χ1n) is 12.4. The van der Waals surface area contributed by atoms with Crippen molar-refractivity contribution in [1.29, 1.82) is 0 Å². The van der Waals surface area contributed by atoms with E-state index in [9.17, 15) is 18.0 Å². The molecule has 1 unspecified atom stereocenters. The van der Waals surface area contributed by atoms with Crippen LogP contribution < -0.4 is 0 Å². The molecule has 0 radical (unpaired) electrons. The molecule has 37 heavy (non-hydrogen) atoms. The Labute approximate surface area is 214 Å². The molecule has 1 amide bonds. The molecule has 1 saturated heterocycles. The van der Waals surface area contributed by atoms with Gasteiger partial charge in [0, 0.05) is 57.5 Å². The molecule has 5 rings (SSSR count). The van der Waals surface area contributed by atoms with Crippen molar-refractivity contribution in [2.75, 3.05) is 26.2 Å². The minimum atomic E-state index is -4.46. The van der Waals surface area contributed by atoms with Gasteiger partial charge in [-0.15, -0.1) is 0 Å². The molecular weight excluding hydrogens is 477 g/mol. The van der Waals surface area contributed by atoms with E-state index in [2.05, 4.69) is 22.0 Å². The number of aryl methyl sites for hydroxylation is 1. The van der Waals surface area contributed by atoms with E-state index in [1.165, 1.54) is 11.6 Å². The first-order chi connectivity index (χ1) is 17.8. The smallest absolute Gasteiger partial charge is 0.340 e. The number of carbonyl (C=O) groups is 1. The first kappa shape index (κ1) is 25.0. The maximum absolute atomic E-state index is 13.5. The van der Waals surface area contributed by atoms with Gasteiger partial charge in [-0.2, -0.15) is 13.2 Å². The van der Waals surface area contributed by atoms with Gasteiger partial charge in [-0.05, 0) is 35.7 Å². The zero-order valence-electron chi connectivity index (χ0n) is 20.7. The summed E-state index contributed by atoms with van der Waals surface area (Å²) in [5, 5.41) is 0. The number of benzene rings is 2. The van der Waals surface area contributed by atoms with Gasteiger partial charge >= 0.3 is 6.18 Å². The number of imidazole rings is 1. The van der Waals surface area contributed by atoms with Crippen molar-refractivity contribution in [1.82, 2.24) is 19.2 Å². The molecule has 4 aromatic rings. The quantitative estimate of drug-likeness (QED) is 0.345. The molecule has 1 fully saturated rings. The summed E-state index contributed by atoms with van der Waals surface area (Å²) in [6.07, 6.45) is -0.867. The standard InChI is InChI=1S/C29H29F3N4O/c1-21-7-6-12-36-26(19-33-28(21)36)25(23-10-5-11-24(17-23)29(30,31)32)18-27(37)35-15-13-34(14-16-35)20-22-8-3-2-4-9-22/h2-12,17,19,25H,13-16,18,20H2,1H3. The molecule has 3 heterocycles. The van der Waals surface area contributed by atoms with Crippen LogP contribution in [0.2, 0.25) is 0 Å². The van der Waals surface area contributed by atoms with Gasteiger partial charge in [0.15, 0.2) is 0 Å². The summed E-state index contributed by atoms with van der Waals surface area (Å²) in [5.41, 5.74) is 3.36. The summed E-state index contributed by atoms with van der Waals surface area (Å²) in [6, 6.07) is 19.3. The van der Waals surface area contributed by atoms with Crippen molar-refractivity contribution in [2.24, 2.45) is 0 Å². The van der Waals surface area contributed by atoms with E-state index in [-0.39, 0.29) is 12.3 Å². The number of carbonyl (C=O) groups excluding carboxylic acids is 1. The predicted molar refractivity (Wildman–Crippen MR) is 136 cm³/mol. The molecular formula is C29H29F3N4O. The predicted octanol–water partition coefficient (Wildman–Crippen LogP) is 5.53. The first-order valence-corrected chi connectivity index (χ1v) is 12.4. The van der Waals surface area contributed by atoms with Crippen molar-refractivity contribution >= 4 is 11.6 Å². The topological polar surface area (TPSA) is 40.9 Å². The lowest BCUT2D eigenvalue weighted by molar-refractivity contribution is -0.137. The van der Waals surface area contributed by atoms with Crippen LogP contribution in [0.4, 0.5) is 13.2 Å². The molecule has 192 valence electrons. The summed E-state index contributed by atoms with van der Waals surface area (Å²) >= 11 is 0. The second-order valence-electron chi connectivity index (χ2n) is 9.59. The second-order valence-corrected chi connectivity index (χ2v) is 9.59. The average molecular weight is 507 g/mol. The fourth-order valence-electron chi connectivity index (χ4n) is 5.05. The van der Waals surface area contributed by atoms with E-state index in [4.69, 9.17) is 0 Å². The van der Waals surface area contributed by atoms with Gasteiger partial charge in [-0.25, -0.2) is 4.98 Å². The van der Waals surface area contributed by atoms with Crippen LogP contribution in [-0.4, -0.2) is 51.3 Å². The number of hydrogen-bond donors (Lipinski definition) is 0. The molecule has 0 aliphatic carbocycles. The van der Waals surface area contributed by atoms with Crippen molar-refractivity contribution in [3.05, 3.63) is 107 Å². The lowest BCUT2D eigenvalue weighted by atomic mass is 9.90. The molecule has 0 N–H and O–H groups in total. The lowest BCUT2D eigenvalue weighted by Gasteiger charge is -2.35. The van der Waals surface area contributed by atoms with Crippen molar-refractivity contribution in [3.8, 4) is 0 Å². The monoisotopic (exact) mass is 506 g/mol. The number of nitrogens with zero attached hydrogens (tertiary/aromatic N) is 4. The minimum absolute atomic E-state index is 0.0654. The van der Waals surface area contributed by atoms with Gasteiger partial charge in [-0.1, -0.05) is 54.6 Å². The third-order valence-electron chi connectivity index (χ3n) is 7.09. The van der Waals surface area contributed by atoms with Crippen molar-refractivity contribution in [3.63, 3.8) is 0 Å². The number of hydrogen-bond acceptors (Lipinski definition) is 3. The second kappa shape index (κ2) is 10.4. The Balaban J connectivity index is 1.38. The van der Waals surface area contributed by atoms with Crippen LogP contribution in [0.3, 0.4) is 0 Å². The van der Waals surface area contributed by atoms with E-state index in [1.807, 2.05) is 52.8 Å². The van der Waals surface area contributed by atoms with Crippen LogP contribution in [0, 0.1) is 6.92 Å². The van der Waals surface area contributed by atoms with Gasteiger partial charge < -0.3 is 9.30 Å². The number of alkyl halides is 3. The fraction of sp³-hybridized carbons (Fsp3) is 0.310. The van der Waals surface area contributed by atoms with Gasteiger partial charge in [0.2, 0.25) is 5.91 Å². The summed E-state index contributed by atoms with van der Waals surface area (Å²) < 4.78 is 42.5. The van der Waals surface area contributed by atoms with Crippen LogP contribution in [-0.2, 0) is 17.5 Å². The van der Waals surface area contributed by atoms with E-state index in [0.717, 1.165) is 43.0 Å². The van der Waals surface area contributed by atoms with Crippen molar-refractivity contribution in [2.45, 2.75) is 32.0 Å². The summed E-state index contributed by atoms with van der Waals surface area (Å²) in [6.45, 7) is 5.45. The highest BCUT2D eigenvalue weighted by atomic mass is 19.4. The van der Waals surface area contributed by atoms with E-state index < -0.39 is 17.7 Å². The fourth-order valence-corrected chi connectivity index (χ4v) is 5.05. The largest absolute Gasteiger partial charge is 0.416 e. The van der Waals surface area contributed by atoms with Crippen LogP contribution in [0.25, 0.3) is 5.65 Å². The Kier molecular flexibility index (Phi) is 7.02. The Hall–Kier alpha value is -3.65. The zero-order valence-corrected chi connectivity index (χ0v) is 20.7. The van der Waals surface area contributed by atoms with Gasteiger partial charge in [0.25, 0.3) is 0 Å². The van der Waals surface area contributed by atoms with E-state index >= 15 is 0 Å². The van der Waals surface area contributed by atoms with Gasteiger partial charge in [0.1, 0.15) is 5.65 Å². The highest BCUT2D eigenvalue weighted by Gasteiger charge is 2.33. The Morgan fingerprint density at radius 1 is 0.973 bits per heavy atom. The highest BCUT2D eigenvalue weighted by molar-refractivity contribution is 5.78. The van der Waals surface area contributed by atoms with Crippen LogP contribution in [0.1, 0.15) is 40.3 Å². The van der Waals surface area contributed by atoms with E-state index in [0.29, 0.717) is 24.3 Å². The molecule has 2 aromatic heterocycles. The molecule has 5 nitrogen and oxygen atoms in total. The van der Waals surface area contributed by atoms with Crippen LogP contribution in [0.15, 0.2) is 79.1 Å². The third-order valence-corrected chi connectivity index (χ3v) is 7.09. The summed E-state index contributed by atoms with van der Waals surface area (Å²) in [4.78, 5) is 22.1. The Morgan fingerprint density at radius 2 is 1.73 bits per heavy atom. The third kappa shape index (κ3) is 5.54. The molecule has 1 atom stereocenters. The zero-order chi connectivity index (χ0) is 26.0. The van der Waals surface area contributed by atoms with E-state index in [1.54, 1.807) is 12.3 Å². The number of amides is 1. The summed E-state index contributed by atoms with van der Waals surface area (Å²) in [5.74, 6) is -0.627.